The fraction of sp³-hybridized carbons (Fsp3) is 0.0556. The summed E-state index contributed by atoms with van der Waals surface area (Å²) in [5.74, 6) is -1.63. The third-order valence-corrected chi connectivity index (χ3v) is 4.24. The maximum atomic E-state index is 11.1. The van der Waals surface area contributed by atoms with Gasteiger partial charge in [0.25, 0.3) is 0 Å². The van der Waals surface area contributed by atoms with Crippen LogP contribution in [0.5, 0.6) is 5.75 Å². The average molecular weight is 369 g/mol. The first-order valence-electron chi connectivity index (χ1n) is 7.59. The Kier molecular flexibility index (Phi) is 4.85. The Balaban J connectivity index is 1.77. The highest BCUT2D eigenvalue weighted by molar-refractivity contribution is 7.14. The number of phenols is 1. The van der Waals surface area contributed by atoms with Gasteiger partial charge in [0.2, 0.25) is 5.91 Å². The lowest BCUT2D eigenvalue weighted by atomic mass is 10.1. The average Bonchev–Trinajstić information content (AvgIpc) is 3.05. The zero-order valence-electron chi connectivity index (χ0n) is 13.7. The topological polar surface area (TPSA) is 112 Å². The van der Waals surface area contributed by atoms with E-state index in [-0.39, 0.29) is 17.2 Å². The van der Waals surface area contributed by atoms with Crippen molar-refractivity contribution in [1.82, 2.24) is 4.98 Å². The molecule has 0 spiro atoms. The molecule has 0 aliphatic rings. The molecule has 2 aromatic carbocycles. The van der Waals surface area contributed by atoms with Crippen LogP contribution in [-0.4, -0.2) is 27.1 Å². The number of rotatable bonds is 5. The van der Waals surface area contributed by atoms with Gasteiger partial charge in [-0.1, -0.05) is 12.1 Å². The molecule has 1 heterocycles. The van der Waals surface area contributed by atoms with Crippen molar-refractivity contribution in [3.05, 3.63) is 53.4 Å². The van der Waals surface area contributed by atoms with Crippen LogP contribution in [0.2, 0.25) is 0 Å². The third-order valence-electron chi connectivity index (χ3n) is 3.48. The Hall–Kier alpha value is -3.39. The van der Waals surface area contributed by atoms with Crippen LogP contribution in [0, 0.1) is 0 Å². The van der Waals surface area contributed by atoms with E-state index < -0.39 is 5.97 Å². The number of thiazole rings is 1. The number of anilines is 3. The number of amides is 1. The molecular weight excluding hydrogens is 354 g/mol. The molecule has 0 aliphatic heterocycles. The molecule has 0 bridgehead atoms. The van der Waals surface area contributed by atoms with Gasteiger partial charge < -0.3 is 20.8 Å². The summed E-state index contributed by atoms with van der Waals surface area (Å²) < 4.78 is 0. The van der Waals surface area contributed by atoms with Crippen LogP contribution in [0.15, 0.2) is 47.8 Å². The quantitative estimate of drug-likeness (QED) is 0.507. The maximum absolute atomic E-state index is 11.1. The SMILES string of the molecule is CC(=O)Nc1ccc(-c2csc(Nc3ccc(O)c(C(=O)O)c3)n2)cc1. The molecule has 26 heavy (non-hydrogen) atoms. The van der Waals surface area contributed by atoms with Crippen molar-refractivity contribution in [3.8, 4) is 17.0 Å². The monoisotopic (exact) mass is 369 g/mol. The minimum Gasteiger partial charge on any atom is -0.507 e. The summed E-state index contributed by atoms with van der Waals surface area (Å²) in [4.78, 5) is 26.6. The molecule has 1 aromatic heterocycles. The van der Waals surface area contributed by atoms with Crippen molar-refractivity contribution in [3.63, 3.8) is 0 Å². The van der Waals surface area contributed by atoms with Gasteiger partial charge in [-0.15, -0.1) is 11.3 Å². The lowest BCUT2D eigenvalue weighted by molar-refractivity contribution is -0.114. The lowest BCUT2D eigenvalue weighted by Crippen LogP contribution is -2.05. The summed E-state index contributed by atoms with van der Waals surface area (Å²) in [6.45, 7) is 1.45. The zero-order chi connectivity index (χ0) is 18.7. The van der Waals surface area contributed by atoms with Gasteiger partial charge in [-0.2, -0.15) is 0 Å². The summed E-state index contributed by atoms with van der Waals surface area (Å²) >= 11 is 1.37. The number of carbonyl (C=O) groups excluding carboxylic acids is 1. The molecule has 3 rings (SSSR count). The number of hydrogen-bond acceptors (Lipinski definition) is 6. The Bertz CT molecular complexity index is 967. The molecule has 0 fully saturated rings. The van der Waals surface area contributed by atoms with Gasteiger partial charge in [0, 0.05) is 29.2 Å². The van der Waals surface area contributed by atoms with Crippen LogP contribution in [-0.2, 0) is 4.79 Å². The summed E-state index contributed by atoms with van der Waals surface area (Å²) in [6, 6.07) is 11.5. The van der Waals surface area contributed by atoms with Crippen LogP contribution < -0.4 is 10.6 Å². The maximum Gasteiger partial charge on any atom is 0.339 e. The number of nitrogens with one attached hydrogen (secondary N) is 2. The Morgan fingerprint density at radius 3 is 2.42 bits per heavy atom. The number of carbonyl (C=O) groups is 2. The molecule has 0 radical (unpaired) electrons. The van der Waals surface area contributed by atoms with Gasteiger partial charge in [-0.05, 0) is 30.3 Å². The van der Waals surface area contributed by atoms with E-state index in [1.807, 2.05) is 17.5 Å². The van der Waals surface area contributed by atoms with E-state index in [4.69, 9.17) is 5.11 Å². The Labute approximate surface area is 153 Å². The van der Waals surface area contributed by atoms with Crippen molar-refractivity contribution in [1.29, 1.82) is 0 Å². The summed E-state index contributed by atoms with van der Waals surface area (Å²) in [6.07, 6.45) is 0. The molecule has 1 amide bonds. The second-order valence-corrected chi connectivity index (χ2v) is 6.32. The number of hydrogen-bond donors (Lipinski definition) is 4. The van der Waals surface area contributed by atoms with Crippen LogP contribution in [0.25, 0.3) is 11.3 Å². The minimum absolute atomic E-state index is 0.132. The van der Waals surface area contributed by atoms with Gasteiger partial charge in [-0.3, -0.25) is 4.79 Å². The van der Waals surface area contributed by atoms with E-state index in [9.17, 15) is 14.7 Å². The minimum atomic E-state index is -1.20. The second-order valence-electron chi connectivity index (χ2n) is 5.46. The molecule has 8 heteroatoms. The first-order valence-corrected chi connectivity index (χ1v) is 8.47. The van der Waals surface area contributed by atoms with Gasteiger partial charge in [-0.25, -0.2) is 9.78 Å². The van der Waals surface area contributed by atoms with Gasteiger partial charge in [0.15, 0.2) is 5.13 Å². The predicted molar refractivity (Wildman–Crippen MR) is 100 cm³/mol. The van der Waals surface area contributed by atoms with Crippen LogP contribution in [0.4, 0.5) is 16.5 Å². The smallest absolute Gasteiger partial charge is 0.339 e. The normalized spacial score (nSPS) is 10.3. The molecule has 0 saturated heterocycles. The number of benzene rings is 2. The van der Waals surface area contributed by atoms with E-state index in [2.05, 4.69) is 15.6 Å². The van der Waals surface area contributed by atoms with Crippen molar-refractivity contribution >= 4 is 39.7 Å². The lowest BCUT2D eigenvalue weighted by Gasteiger charge is -2.05. The van der Waals surface area contributed by atoms with E-state index in [0.29, 0.717) is 16.5 Å². The first-order chi connectivity index (χ1) is 12.4. The highest BCUT2D eigenvalue weighted by atomic mass is 32.1. The fourth-order valence-electron chi connectivity index (χ4n) is 2.30. The highest BCUT2D eigenvalue weighted by Crippen LogP contribution is 2.29. The Morgan fingerprint density at radius 1 is 1.08 bits per heavy atom. The molecule has 132 valence electrons. The van der Waals surface area contributed by atoms with E-state index in [1.54, 1.807) is 18.2 Å². The molecule has 0 unspecified atom stereocenters. The predicted octanol–water partition coefficient (Wildman–Crippen LogP) is 3.92. The fourth-order valence-corrected chi connectivity index (χ4v) is 3.04. The number of aromatic nitrogens is 1. The van der Waals surface area contributed by atoms with E-state index in [0.717, 1.165) is 11.3 Å². The number of carboxylic acid groups (broad SMARTS) is 1. The summed E-state index contributed by atoms with van der Waals surface area (Å²) in [5.41, 5.74) is 2.69. The molecule has 0 aliphatic carbocycles. The van der Waals surface area contributed by atoms with Crippen LogP contribution in [0.1, 0.15) is 17.3 Å². The molecule has 7 nitrogen and oxygen atoms in total. The van der Waals surface area contributed by atoms with Crippen molar-refractivity contribution < 1.29 is 19.8 Å². The highest BCUT2D eigenvalue weighted by Gasteiger charge is 2.11. The first kappa shape index (κ1) is 17.4. The van der Waals surface area contributed by atoms with E-state index >= 15 is 0 Å². The van der Waals surface area contributed by atoms with E-state index in [1.165, 1.54) is 30.4 Å². The summed E-state index contributed by atoms with van der Waals surface area (Å²) in [5, 5.41) is 26.8. The number of aromatic hydroxyl groups is 1. The molecule has 0 saturated carbocycles. The largest absolute Gasteiger partial charge is 0.507 e. The second kappa shape index (κ2) is 7.24. The number of nitrogens with zero attached hydrogens (tertiary/aromatic N) is 1. The third kappa shape index (κ3) is 3.98. The van der Waals surface area contributed by atoms with Gasteiger partial charge in [0.05, 0.1) is 5.69 Å². The van der Waals surface area contributed by atoms with Crippen LogP contribution in [0.3, 0.4) is 0 Å². The molecular formula is C18H15N3O4S. The Morgan fingerprint density at radius 2 is 1.77 bits per heavy atom. The zero-order valence-corrected chi connectivity index (χ0v) is 14.5. The van der Waals surface area contributed by atoms with Crippen molar-refractivity contribution in [2.75, 3.05) is 10.6 Å². The number of aromatic carboxylic acids is 1. The van der Waals surface area contributed by atoms with Gasteiger partial charge in [0.1, 0.15) is 11.3 Å². The van der Waals surface area contributed by atoms with Crippen molar-refractivity contribution in [2.24, 2.45) is 0 Å². The van der Waals surface area contributed by atoms with Crippen molar-refractivity contribution in [2.45, 2.75) is 6.92 Å². The molecule has 3 aromatic rings. The molecule has 4 N–H and O–H groups in total. The number of carboxylic acids is 1. The van der Waals surface area contributed by atoms with Crippen LogP contribution >= 0.6 is 11.3 Å². The standard InChI is InChI=1S/C18H15N3O4S/c1-10(22)19-12-4-2-11(3-5-12)15-9-26-18(21-15)20-13-6-7-16(23)14(8-13)17(24)25/h2-9,23H,1H3,(H,19,22)(H,20,21)(H,24,25). The van der Waals surface area contributed by atoms with Gasteiger partial charge >= 0.3 is 5.97 Å². The summed E-state index contributed by atoms with van der Waals surface area (Å²) in [7, 11) is 0. The molecule has 0 atom stereocenters.